The molecule has 1 aliphatic heterocycles. The minimum absolute atomic E-state index is 0.0305. The van der Waals surface area contributed by atoms with Crippen LogP contribution in [0.5, 0.6) is 0 Å². The Kier molecular flexibility index (Phi) is 3.74. The molecule has 0 amide bonds. The van der Waals surface area contributed by atoms with Crippen molar-refractivity contribution in [2.45, 2.75) is 38.3 Å². The molecule has 2 heterocycles. The highest BCUT2D eigenvalue weighted by Crippen LogP contribution is 2.25. The zero-order chi connectivity index (χ0) is 13.3. The Morgan fingerprint density at radius 1 is 1.44 bits per heavy atom. The Labute approximate surface area is 107 Å². The second-order valence-electron chi connectivity index (χ2n) is 4.88. The molecule has 0 atom stereocenters. The molecular formula is C11H19N3O3S. The zero-order valence-corrected chi connectivity index (χ0v) is 11.5. The Morgan fingerprint density at radius 3 is 2.61 bits per heavy atom. The topological polar surface area (TPSA) is 86.3 Å². The van der Waals surface area contributed by atoms with E-state index in [1.807, 2.05) is 0 Å². The molecule has 7 heteroatoms. The summed E-state index contributed by atoms with van der Waals surface area (Å²) >= 11 is 0. The van der Waals surface area contributed by atoms with Crippen LogP contribution in [-0.4, -0.2) is 41.1 Å². The molecule has 18 heavy (non-hydrogen) atoms. The Morgan fingerprint density at radius 2 is 2.06 bits per heavy atom. The molecule has 0 spiro atoms. The van der Waals surface area contributed by atoms with Gasteiger partial charge in [-0.15, -0.1) is 0 Å². The number of aliphatic hydroxyl groups excluding tert-OH is 1. The number of nitrogens with zero attached hydrogens (tertiary/aromatic N) is 2. The highest BCUT2D eigenvalue weighted by Gasteiger charge is 2.32. The van der Waals surface area contributed by atoms with Gasteiger partial charge in [0.05, 0.1) is 6.61 Å². The molecule has 2 rings (SSSR count). The van der Waals surface area contributed by atoms with Crippen molar-refractivity contribution >= 4 is 10.0 Å². The van der Waals surface area contributed by atoms with E-state index in [4.69, 9.17) is 0 Å². The van der Waals surface area contributed by atoms with Crippen LogP contribution in [0, 0.1) is 12.8 Å². The number of sulfonamides is 1. The second kappa shape index (κ2) is 4.99. The molecule has 2 N–H and O–H groups in total. The largest absolute Gasteiger partial charge is 0.392 e. The maximum atomic E-state index is 12.4. The molecule has 1 aliphatic rings. The van der Waals surface area contributed by atoms with Gasteiger partial charge in [0.25, 0.3) is 10.0 Å². The van der Waals surface area contributed by atoms with Gasteiger partial charge in [0.1, 0.15) is 0 Å². The highest BCUT2D eigenvalue weighted by atomic mass is 32.2. The van der Waals surface area contributed by atoms with E-state index in [0.717, 1.165) is 12.8 Å². The first-order valence-electron chi connectivity index (χ1n) is 6.11. The number of hydrogen-bond donors (Lipinski definition) is 2. The molecule has 0 unspecified atom stereocenters. The Bertz CT molecular complexity index is 516. The number of nitrogens with one attached hydrogen (secondary N) is 1. The smallest absolute Gasteiger partial charge is 0.262 e. The van der Waals surface area contributed by atoms with Gasteiger partial charge in [-0.2, -0.15) is 9.40 Å². The van der Waals surface area contributed by atoms with Crippen LogP contribution in [0.15, 0.2) is 5.03 Å². The fourth-order valence-corrected chi connectivity index (χ4v) is 3.80. The van der Waals surface area contributed by atoms with Crippen LogP contribution in [0.3, 0.4) is 0 Å². The lowest BCUT2D eigenvalue weighted by Crippen LogP contribution is -2.38. The average molecular weight is 273 g/mol. The lowest BCUT2D eigenvalue weighted by Gasteiger charge is -2.28. The number of piperidine rings is 1. The van der Waals surface area contributed by atoms with E-state index in [1.54, 1.807) is 6.92 Å². The number of aryl methyl sites for hydroxylation is 1. The maximum absolute atomic E-state index is 12.4. The third kappa shape index (κ3) is 2.30. The van der Waals surface area contributed by atoms with E-state index in [1.165, 1.54) is 4.31 Å². The molecular weight excluding hydrogens is 254 g/mol. The summed E-state index contributed by atoms with van der Waals surface area (Å²) in [5.41, 5.74) is 0.968. The lowest BCUT2D eigenvalue weighted by molar-refractivity contribution is 0.273. The average Bonchev–Trinajstić information content (AvgIpc) is 2.71. The van der Waals surface area contributed by atoms with E-state index < -0.39 is 10.0 Å². The molecule has 1 saturated heterocycles. The van der Waals surface area contributed by atoms with E-state index in [0.29, 0.717) is 30.3 Å². The summed E-state index contributed by atoms with van der Waals surface area (Å²) in [4.78, 5) is 0. The van der Waals surface area contributed by atoms with Crippen LogP contribution in [0.2, 0.25) is 0 Å². The van der Waals surface area contributed by atoms with Gasteiger partial charge in [-0.1, -0.05) is 6.92 Å². The van der Waals surface area contributed by atoms with Crippen molar-refractivity contribution in [2.75, 3.05) is 13.1 Å². The van der Waals surface area contributed by atoms with Crippen molar-refractivity contribution in [1.29, 1.82) is 0 Å². The minimum atomic E-state index is -3.58. The molecule has 0 saturated carbocycles. The number of rotatable bonds is 3. The van der Waals surface area contributed by atoms with Crippen molar-refractivity contribution in [1.82, 2.24) is 14.5 Å². The fourth-order valence-electron chi connectivity index (χ4n) is 2.18. The van der Waals surface area contributed by atoms with E-state index >= 15 is 0 Å². The van der Waals surface area contributed by atoms with Crippen LogP contribution in [0.1, 0.15) is 31.0 Å². The minimum Gasteiger partial charge on any atom is -0.392 e. The Balaban J connectivity index is 2.30. The van der Waals surface area contributed by atoms with Crippen molar-refractivity contribution in [3.63, 3.8) is 0 Å². The van der Waals surface area contributed by atoms with Gasteiger partial charge in [-0.3, -0.25) is 5.10 Å². The first-order valence-corrected chi connectivity index (χ1v) is 7.55. The summed E-state index contributed by atoms with van der Waals surface area (Å²) < 4.78 is 26.3. The van der Waals surface area contributed by atoms with Crippen LogP contribution in [0.25, 0.3) is 0 Å². The van der Waals surface area contributed by atoms with Crippen LogP contribution >= 0.6 is 0 Å². The first kappa shape index (κ1) is 13.5. The summed E-state index contributed by atoms with van der Waals surface area (Å²) in [6, 6.07) is 0. The van der Waals surface area contributed by atoms with Gasteiger partial charge in [0, 0.05) is 24.3 Å². The molecule has 6 nitrogen and oxygen atoms in total. The third-order valence-corrected chi connectivity index (χ3v) is 5.39. The monoisotopic (exact) mass is 273 g/mol. The fraction of sp³-hybridized carbons (Fsp3) is 0.727. The van der Waals surface area contributed by atoms with Gasteiger partial charge < -0.3 is 5.11 Å². The Hall–Kier alpha value is -0.920. The quantitative estimate of drug-likeness (QED) is 0.845. The van der Waals surface area contributed by atoms with Gasteiger partial charge in [0.15, 0.2) is 5.03 Å². The highest BCUT2D eigenvalue weighted by molar-refractivity contribution is 7.89. The summed E-state index contributed by atoms with van der Waals surface area (Å²) in [7, 11) is -3.58. The van der Waals surface area contributed by atoms with E-state index in [-0.39, 0.29) is 11.6 Å². The van der Waals surface area contributed by atoms with E-state index in [2.05, 4.69) is 17.1 Å². The SMILES string of the molecule is Cc1[nH]nc(S(=O)(=O)N2CCC(C)CC2)c1CO. The van der Waals surface area contributed by atoms with Crippen molar-refractivity contribution in [3.8, 4) is 0 Å². The van der Waals surface area contributed by atoms with E-state index in [9.17, 15) is 13.5 Å². The first-order chi connectivity index (χ1) is 8.46. The normalized spacial score (nSPS) is 19.3. The molecule has 0 radical (unpaired) electrons. The van der Waals surface area contributed by atoms with Crippen LogP contribution < -0.4 is 0 Å². The van der Waals surface area contributed by atoms with Crippen molar-refractivity contribution in [2.24, 2.45) is 5.92 Å². The number of aliphatic hydroxyl groups is 1. The van der Waals surface area contributed by atoms with Gasteiger partial charge in [-0.05, 0) is 25.7 Å². The molecule has 1 fully saturated rings. The van der Waals surface area contributed by atoms with Crippen molar-refractivity contribution < 1.29 is 13.5 Å². The van der Waals surface area contributed by atoms with Gasteiger partial charge in [-0.25, -0.2) is 8.42 Å². The maximum Gasteiger partial charge on any atom is 0.262 e. The molecule has 1 aromatic heterocycles. The summed E-state index contributed by atoms with van der Waals surface area (Å²) in [5, 5.41) is 15.7. The number of H-pyrrole nitrogens is 1. The molecule has 0 bridgehead atoms. The standard InChI is InChI=1S/C11H19N3O3S/c1-8-3-5-14(6-4-8)18(16,17)11-10(7-15)9(2)12-13-11/h8,15H,3-7H2,1-2H3,(H,12,13). The third-order valence-electron chi connectivity index (χ3n) is 3.52. The molecule has 0 aliphatic carbocycles. The number of hydrogen-bond acceptors (Lipinski definition) is 4. The van der Waals surface area contributed by atoms with Gasteiger partial charge >= 0.3 is 0 Å². The summed E-state index contributed by atoms with van der Waals surface area (Å²) in [6.07, 6.45) is 1.74. The summed E-state index contributed by atoms with van der Waals surface area (Å²) in [5.74, 6) is 0.565. The summed E-state index contributed by atoms with van der Waals surface area (Å²) in [6.45, 7) is 4.57. The predicted octanol–water partition coefficient (Wildman–Crippen LogP) is 0.631. The molecule has 0 aromatic carbocycles. The number of aromatic amines is 1. The van der Waals surface area contributed by atoms with Crippen LogP contribution in [0.4, 0.5) is 0 Å². The second-order valence-corrected chi connectivity index (χ2v) is 6.73. The molecule has 1 aromatic rings. The predicted molar refractivity (Wildman–Crippen MR) is 66.4 cm³/mol. The number of aromatic nitrogens is 2. The zero-order valence-electron chi connectivity index (χ0n) is 10.7. The van der Waals surface area contributed by atoms with Crippen molar-refractivity contribution in [3.05, 3.63) is 11.3 Å². The lowest BCUT2D eigenvalue weighted by atomic mass is 10.0. The molecule has 102 valence electrons. The van der Waals surface area contributed by atoms with Crippen LogP contribution in [-0.2, 0) is 16.6 Å². The van der Waals surface area contributed by atoms with Gasteiger partial charge in [0.2, 0.25) is 0 Å².